The number of benzene rings is 2. The van der Waals surface area contributed by atoms with Crippen LogP contribution in [-0.2, 0) is 11.2 Å². The monoisotopic (exact) mass is 398 g/mol. The van der Waals surface area contributed by atoms with Crippen molar-refractivity contribution in [2.75, 3.05) is 13.3 Å². The number of nitrogens with zero attached hydrogens (tertiary/aromatic N) is 1. The molecular formula is C19H15BrN2O3. The maximum atomic E-state index is 12.2. The van der Waals surface area contributed by atoms with Gasteiger partial charge in [0.25, 0.3) is 5.91 Å². The van der Waals surface area contributed by atoms with Gasteiger partial charge in [0.1, 0.15) is 11.6 Å². The second-order valence-electron chi connectivity index (χ2n) is 5.39. The first-order chi connectivity index (χ1) is 12.2. The van der Waals surface area contributed by atoms with Gasteiger partial charge in [0, 0.05) is 11.0 Å². The Morgan fingerprint density at radius 2 is 1.96 bits per heavy atom. The summed E-state index contributed by atoms with van der Waals surface area (Å²) in [4.78, 5) is 12.2. The molecule has 0 unspecified atom stereocenters. The number of ether oxygens (including phenoxy) is 2. The van der Waals surface area contributed by atoms with Crippen LogP contribution in [0.1, 0.15) is 11.1 Å². The van der Waals surface area contributed by atoms with Crippen LogP contribution in [0.15, 0.2) is 52.5 Å². The first-order valence-electron chi connectivity index (χ1n) is 7.70. The van der Waals surface area contributed by atoms with Crippen LogP contribution in [0.25, 0.3) is 6.08 Å². The lowest BCUT2D eigenvalue weighted by Gasteiger charge is -2.06. The van der Waals surface area contributed by atoms with E-state index in [4.69, 9.17) is 9.47 Å². The van der Waals surface area contributed by atoms with Crippen LogP contribution in [0.2, 0.25) is 0 Å². The standard InChI is InChI=1S/C19H15BrN2O3/c20-16-10-18-17(24-12-25-18)9-14(16)8-15(11-21)19(23)22-7-6-13-4-2-1-3-5-13/h1-5,8-10H,6-7,12H2,(H,22,23)/b15-8+. The van der Waals surface area contributed by atoms with E-state index in [-0.39, 0.29) is 12.4 Å². The Balaban J connectivity index is 1.68. The molecule has 126 valence electrons. The van der Waals surface area contributed by atoms with E-state index in [1.165, 1.54) is 6.08 Å². The molecule has 1 heterocycles. The molecule has 1 amide bonds. The largest absolute Gasteiger partial charge is 0.454 e. The van der Waals surface area contributed by atoms with E-state index in [1.807, 2.05) is 36.4 Å². The van der Waals surface area contributed by atoms with Crippen molar-refractivity contribution < 1.29 is 14.3 Å². The zero-order valence-corrected chi connectivity index (χ0v) is 14.9. The molecule has 25 heavy (non-hydrogen) atoms. The molecule has 2 aromatic carbocycles. The molecule has 0 radical (unpaired) electrons. The molecule has 0 aliphatic carbocycles. The highest BCUT2D eigenvalue weighted by molar-refractivity contribution is 9.10. The molecule has 0 fully saturated rings. The molecule has 3 rings (SSSR count). The zero-order chi connectivity index (χ0) is 17.6. The lowest BCUT2D eigenvalue weighted by Crippen LogP contribution is -2.26. The van der Waals surface area contributed by atoms with Gasteiger partial charge in [-0.15, -0.1) is 0 Å². The summed E-state index contributed by atoms with van der Waals surface area (Å²) in [7, 11) is 0. The van der Waals surface area contributed by atoms with E-state index >= 15 is 0 Å². The Labute approximate surface area is 154 Å². The van der Waals surface area contributed by atoms with Gasteiger partial charge in [-0.1, -0.05) is 46.3 Å². The molecule has 1 N–H and O–H groups in total. The third kappa shape index (κ3) is 4.20. The average Bonchev–Trinajstić information content (AvgIpc) is 3.07. The number of nitriles is 1. The predicted molar refractivity (Wildman–Crippen MR) is 97.0 cm³/mol. The van der Waals surface area contributed by atoms with Gasteiger partial charge in [0.15, 0.2) is 11.5 Å². The van der Waals surface area contributed by atoms with Gasteiger partial charge in [-0.3, -0.25) is 4.79 Å². The Kier molecular flexibility index (Phi) is 5.36. The third-order valence-electron chi connectivity index (χ3n) is 3.70. The topological polar surface area (TPSA) is 71.3 Å². The lowest BCUT2D eigenvalue weighted by molar-refractivity contribution is -0.117. The minimum absolute atomic E-state index is 0.0348. The number of halogens is 1. The van der Waals surface area contributed by atoms with Crippen LogP contribution in [0.4, 0.5) is 0 Å². The molecule has 0 atom stereocenters. The van der Waals surface area contributed by atoms with E-state index in [1.54, 1.807) is 12.1 Å². The highest BCUT2D eigenvalue weighted by Gasteiger charge is 2.17. The highest BCUT2D eigenvalue weighted by Crippen LogP contribution is 2.37. The molecule has 0 saturated carbocycles. The number of carbonyl (C=O) groups excluding carboxylic acids is 1. The van der Waals surface area contributed by atoms with E-state index in [0.29, 0.717) is 30.0 Å². The number of rotatable bonds is 5. The highest BCUT2D eigenvalue weighted by atomic mass is 79.9. The molecule has 2 aromatic rings. The summed E-state index contributed by atoms with van der Waals surface area (Å²) in [6, 6.07) is 15.3. The quantitative estimate of drug-likeness (QED) is 0.618. The van der Waals surface area contributed by atoms with Crippen molar-refractivity contribution in [1.29, 1.82) is 5.26 Å². The predicted octanol–water partition coefficient (Wildman–Crippen LogP) is 3.44. The van der Waals surface area contributed by atoms with Crippen molar-refractivity contribution in [3.8, 4) is 17.6 Å². The lowest BCUT2D eigenvalue weighted by atomic mass is 10.1. The Bertz CT molecular complexity index is 857. The number of nitrogens with one attached hydrogen (secondary N) is 1. The van der Waals surface area contributed by atoms with Gasteiger partial charge >= 0.3 is 0 Å². The average molecular weight is 399 g/mol. The summed E-state index contributed by atoms with van der Waals surface area (Å²) in [5.74, 6) is 0.828. The normalized spacial score (nSPS) is 12.6. The third-order valence-corrected chi connectivity index (χ3v) is 4.39. The smallest absolute Gasteiger partial charge is 0.261 e. The van der Waals surface area contributed by atoms with E-state index in [9.17, 15) is 10.1 Å². The van der Waals surface area contributed by atoms with Gasteiger partial charge in [-0.05, 0) is 35.8 Å². The Morgan fingerprint density at radius 1 is 1.24 bits per heavy atom. The number of carbonyl (C=O) groups is 1. The summed E-state index contributed by atoms with van der Waals surface area (Å²) in [5, 5.41) is 12.1. The second-order valence-corrected chi connectivity index (χ2v) is 6.24. The van der Waals surface area contributed by atoms with Crippen LogP contribution in [0.5, 0.6) is 11.5 Å². The van der Waals surface area contributed by atoms with E-state index in [2.05, 4.69) is 21.2 Å². The minimum atomic E-state index is -0.400. The Morgan fingerprint density at radius 3 is 2.68 bits per heavy atom. The van der Waals surface area contributed by atoms with Gasteiger partial charge in [-0.2, -0.15) is 5.26 Å². The first-order valence-corrected chi connectivity index (χ1v) is 8.50. The first kappa shape index (κ1) is 17.1. The Hall–Kier alpha value is -2.78. The maximum Gasteiger partial charge on any atom is 0.261 e. The second kappa shape index (κ2) is 7.86. The SMILES string of the molecule is N#C/C(=C\c1cc2c(cc1Br)OCO2)C(=O)NCCc1ccccc1. The van der Waals surface area contributed by atoms with Gasteiger partial charge < -0.3 is 14.8 Å². The maximum absolute atomic E-state index is 12.2. The number of hydrogen-bond acceptors (Lipinski definition) is 4. The van der Waals surface area contributed by atoms with Crippen molar-refractivity contribution >= 4 is 27.9 Å². The van der Waals surface area contributed by atoms with Crippen LogP contribution in [0, 0.1) is 11.3 Å². The number of hydrogen-bond donors (Lipinski definition) is 1. The minimum Gasteiger partial charge on any atom is -0.454 e. The van der Waals surface area contributed by atoms with Crippen molar-refractivity contribution in [2.45, 2.75) is 6.42 Å². The summed E-state index contributed by atoms with van der Waals surface area (Å²) >= 11 is 3.42. The summed E-state index contributed by atoms with van der Waals surface area (Å²) in [5.41, 5.74) is 1.84. The van der Waals surface area contributed by atoms with Crippen molar-refractivity contribution in [1.82, 2.24) is 5.32 Å². The molecule has 5 nitrogen and oxygen atoms in total. The molecule has 0 bridgehead atoms. The molecular weight excluding hydrogens is 384 g/mol. The number of fused-ring (bicyclic) bond motifs is 1. The van der Waals surface area contributed by atoms with Crippen molar-refractivity contribution in [3.05, 3.63) is 63.6 Å². The molecule has 1 aliphatic heterocycles. The molecule has 1 aliphatic rings. The fraction of sp³-hybridized carbons (Fsp3) is 0.158. The summed E-state index contributed by atoms with van der Waals surface area (Å²) < 4.78 is 11.3. The zero-order valence-electron chi connectivity index (χ0n) is 13.3. The van der Waals surface area contributed by atoms with Crippen molar-refractivity contribution in [2.24, 2.45) is 0 Å². The van der Waals surface area contributed by atoms with Crippen LogP contribution < -0.4 is 14.8 Å². The summed E-state index contributed by atoms with van der Waals surface area (Å²) in [6.45, 7) is 0.629. The molecule has 0 spiro atoms. The fourth-order valence-corrected chi connectivity index (χ4v) is 2.84. The summed E-state index contributed by atoms with van der Waals surface area (Å²) in [6.07, 6.45) is 2.24. The van der Waals surface area contributed by atoms with Crippen LogP contribution >= 0.6 is 15.9 Å². The van der Waals surface area contributed by atoms with Gasteiger partial charge in [0.2, 0.25) is 6.79 Å². The molecule has 0 aromatic heterocycles. The van der Waals surface area contributed by atoms with E-state index < -0.39 is 5.91 Å². The fourth-order valence-electron chi connectivity index (χ4n) is 2.41. The molecule has 0 saturated heterocycles. The molecule has 6 heteroatoms. The van der Waals surface area contributed by atoms with Gasteiger partial charge in [0.05, 0.1) is 0 Å². The van der Waals surface area contributed by atoms with E-state index in [0.717, 1.165) is 10.0 Å². The van der Waals surface area contributed by atoms with Crippen LogP contribution in [0.3, 0.4) is 0 Å². The number of amides is 1. The van der Waals surface area contributed by atoms with Gasteiger partial charge in [-0.25, -0.2) is 0 Å². The van der Waals surface area contributed by atoms with Crippen molar-refractivity contribution in [3.63, 3.8) is 0 Å². The van der Waals surface area contributed by atoms with Crippen LogP contribution in [-0.4, -0.2) is 19.2 Å².